The van der Waals surface area contributed by atoms with E-state index in [0.29, 0.717) is 16.8 Å². The van der Waals surface area contributed by atoms with Crippen LogP contribution in [0.5, 0.6) is 0 Å². The molecule has 0 radical (unpaired) electrons. The van der Waals surface area contributed by atoms with E-state index in [1.165, 1.54) is 6.92 Å². The van der Waals surface area contributed by atoms with Gasteiger partial charge < -0.3 is 5.32 Å². The topological polar surface area (TPSA) is 46.2 Å². The lowest BCUT2D eigenvalue weighted by Gasteiger charge is -2.09. The van der Waals surface area contributed by atoms with Crippen LogP contribution in [0.1, 0.15) is 22.8 Å². The number of hydrogen-bond donors (Lipinski definition) is 1. The van der Waals surface area contributed by atoms with Crippen LogP contribution in [-0.2, 0) is 4.79 Å². The first-order chi connectivity index (χ1) is 9.08. The van der Waals surface area contributed by atoms with Crippen LogP contribution in [0.2, 0.25) is 0 Å². The van der Waals surface area contributed by atoms with Gasteiger partial charge in [0.1, 0.15) is 0 Å². The molecule has 2 aromatic rings. The van der Waals surface area contributed by atoms with E-state index in [1.807, 2.05) is 18.2 Å². The Morgan fingerprint density at radius 2 is 1.74 bits per heavy atom. The van der Waals surface area contributed by atoms with E-state index in [2.05, 4.69) is 21.2 Å². The highest BCUT2D eigenvalue weighted by atomic mass is 79.9. The molecule has 0 heterocycles. The van der Waals surface area contributed by atoms with E-state index < -0.39 is 0 Å². The largest absolute Gasteiger partial charge is 0.326 e. The molecule has 0 atom stereocenters. The van der Waals surface area contributed by atoms with E-state index >= 15 is 0 Å². The van der Waals surface area contributed by atoms with Gasteiger partial charge in [-0.3, -0.25) is 9.59 Å². The molecule has 0 spiro atoms. The Kier molecular flexibility index (Phi) is 4.12. The van der Waals surface area contributed by atoms with Crippen molar-refractivity contribution in [3.8, 4) is 0 Å². The summed E-state index contributed by atoms with van der Waals surface area (Å²) in [6.45, 7) is 1.41. The molecule has 0 fully saturated rings. The van der Waals surface area contributed by atoms with Gasteiger partial charge in [0.25, 0.3) is 0 Å². The lowest BCUT2D eigenvalue weighted by Crippen LogP contribution is -2.11. The lowest BCUT2D eigenvalue weighted by molar-refractivity contribution is -0.114. The van der Waals surface area contributed by atoms with Gasteiger partial charge in [-0.15, -0.1) is 0 Å². The SMILES string of the molecule is CC(=O)Nc1cc(Br)ccc1C(=O)c1ccccc1. The minimum Gasteiger partial charge on any atom is -0.326 e. The number of amides is 1. The molecule has 1 amide bonds. The fourth-order valence-corrected chi connectivity index (χ4v) is 2.11. The Morgan fingerprint density at radius 1 is 1.05 bits per heavy atom. The molecule has 3 nitrogen and oxygen atoms in total. The van der Waals surface area contributed by atoms with Crippen molar-refractivity contribution in [1.82, 2.24) is 0 Å². The van der Waals surface area contributed by atoms with Crippen molar-refractivity contribution in [2.24, 2.45) is 0 Å². The quantitative estimate of drug-likeness (QED) is 0.878. The summed E-state index contributed by atoms with van der Waals surface area (Å²) >= 11 is 3.33. The molecule has 0 aliphatic rings. The van der Waals surface area contributed by atoms with Crippen molar-refractivity contribution in [3.63, 3.8) is 0 Å². The molecule has 2 aromatic carbocycles. The van der Waals surface area contributed by atoms with E-state index in [0.717, 1.165) is 4.47 Å². The van der Waals surface area contributed by atoms with Gasteiger partial charge in [0.05, 0.1) is 5.69 Å². The fraction of sp³-hybridized carbons (Fsp3) is 0.0667. The molecule has 19 heavy (non-hydrogen) atoms. The lowest BCUT2D eigenvalue weighted by atomic mass is 10.0. The number of carbonyl (C=O) groups excluding carboxylic acids is 2. The van der Waals surface area contributed by atoms with Crippen LogP contribution in [-0.4, -0.2) is 11.7 Å². The molecule has 1 N–H and O–H groups in total. The standard InChI is InChI=1S/C15H12BrNO2/c1-10(18)17-14-9-12(16)7-8-13(14)15(19)11-5-3-2-4-6-11/h2-9H,1H3,(H,17,18). The van der Waals surface area contributed by atoms with Gasteiger partial charge in [-0.25, -0.2) is 0 Å². The summed E-state index contributed by atoms with van der Waals surface area (Å²) in [7, 11) is 0. The average molecular weight is 318 g/mol. The predicted octanol–water partition coefficient (Wildman–Crippen LogP) is 3.64. The van der Waals surface area contributed by atoms with Crippen LogP contribution in [0.3, 0.4) is 0 Å². The zero-order valence-corrected chi connectivity index (χ0v) is 11.9. The maximum Gasteiger partial charge on any atom is 0.221 e. The molecule has 2 rings (SSSR count). The summed E-state index contributed by atoms with van der Waals surface area (Å²) < 4.78 is 0.806. The summed E-state index contributed by atoms with van der Waals surface area (Å²) in [6, 6.07) is 14.2. The maximum absolute atomic E-state index is 12.4. The van der Waals surface area contributed by atoms with Crippen molar-refractivity contribution in [3.05, 3.63) is 64.1 Å². The van der Waals surface area contributed by atoms with Crippen molar-refractivity contribution < 1.29 is 9.59 Å². The van der Waals surface area contributed by atoms with Gasteiger partial charge in [-0.1, -0.05) is 46.3 Å². The second-order valence-electron chi connectivity index (χ2n) is 4.07. The molecular weight excluding hydrogens is 306 g/mol. The van der Waals surface area contributed by atoms with Crippen LogP contribution < -0.4 is 5.32 Å². The summed E-state index contributed by atoms with van der Waals surface area (Å²) in [4.78, 5) is 23.6. The highest BCUT2D eigenvalue weighted by Gasteiger charge is 2.14. The Labute approximate surface area is 119 Å². The minimum absolute atomic E-state index is 0.114. The van der Waals surface area contributed by atoms with Gasteiger partial charge in [0.15, 0.2) is 5.78 Å². The van der Waals surface area contributed by atoms with Crippen LogP contribution >= 0.6 is 15.9 Å². The highest BCUT2D eigenvalue weighted by Crippen LogP contribution is 2.24. The number of nitrogens with one attached hydrogen (secondary N) is 1. The third kappa shape index (κ3) is 3.29. The summed E-state index contributed by atoms with van der Waals surface area (Å²) in [5.41, 5.74) is 1.58. The summed E-state index contributed by atoms with van der Waals surface area (Å²) in [5, 5.41) is 2.68. The zero-order valence-electron chi connectivity index (χ0n) is 10.3. The number of carbonyl (C=O) groups is 2. The van der Waals surface area contributed by atoms with Crippen molar-refractivity contribution >= 4 is 33.3 Å². The van der Waals surface area contributed by atoms with E-state index in [1.54, 1.807) is 30.3 Å². The Morgan fingerprint density at radius 3 is 2.37 bits per heavy atom. The number of benzene rings is 2. The average Bonchev–Trinajstić information content (AvgIpc) is 2.38. The first kappa shape index (κ1) is 13.5. The summed E-state index contributed by atoms with van der Waals surface area (Å²) in [5.74, 6) is -0.322. The predicted molar refractivity (Wildman–Crippen MR) is 78.3 cm³/mol. The molecule has 0 saturated heterocycles. The number of hydrogen-bond acceptors (Lipinski definition) is 2. The molecule has 0 unspecified atom stereocenters. The van der Waals surface area contributed by atoms with Crippen molar-refractivity contribution in [2.45, 2.75) is 6.92 Å². The molecule has 96 valence electrons. The Hall–Kier alpha value is -1.94. The molecule has 0 saturated carbocycles. The van der Waals surface area contributed by atoms with Crippen LogP contribution in [0.15, 0.2) is 53.0 Å². The molecule has 4 heteroatoms. The smallest absolute Gasteiger partial charge is 0.221 e. The van der Waals surface area contributed by atoms with Crippen LogP contribution in [0.25, 0.3) is 0 Å². The number of ketones is 1. The van der Waals surface area contributed by atoms with Crippen LogP contribution in [0, 0.1) is 0 Å². The van der Waals surface area contributed by atoms with E-state index in [-0.39, 0.29) is 11.7 Å². The monoisotopic (exact) mass is 317 g/mol. The molecule has 0 aromatic heterocycles. The van der Waals surface area contributed by atoms with Gasteiger partial charge in [0, 0.05) is 22.5 Å². The fourth-order valence-electron chi connectivity index (χ4n) is 1.75. The maximum atomic E-state index is 12.4. The van der Waals surface area contributed by atoms with Gasteiger partial charge >= 0.3 is 0 Å². The Balaban J connectivity index is 2.44. The summed E-state index contributed by atoms with van der Waals surface area (Å²) in [6.07, 6.45) is 0. The first-order valence-corrected chi connectivity index (χ1v) is 6.54. The number of anilines is 1. The molecule has 0 aliphatic heterocycles. The van der Waals surface area contributed by atoms with Crippen molar-refractivity contribution in [1.29, 1.82) is 0 Å². The zero-order chi connectivity index (χ0) is 13.8. The van der Waals surface area contributed by atoms with Gasteiger partial charge in [-0.05, 0) is 18.2 Å². The highest BCUT2D eigenvalue weighted by molar-refractivity contribution is 9.10. The molecular formula is C15H12BrNO2. The first-order valence-electron chi connectivity index (χ1n) is 5.75. The third-order valence-electron chi connectivity index (χ3n) is 2.57. The Bertz CT molecular complexity index is 623. The third-order valence-corrected chi connectivity index (χ3v) is 3.07. The molecule has 0 bridgehead atoms. The van der Waals surface area contributed by atoms with Crippen LogP contribution in [0.4, 0.5) is 5.69 Å². The normalized spacial score (nSPS) is 10.0. The van der Waals surface area contributed by atoms with Gasteiger partial charge in [-0.2, -0.15) is 0 Å². The molecule has 0 aliphatic carbocycles. The number of halogens is 1. The van der Waals surface area contributed by atoms with Crippen molar-refractivity contribution in [2.75, 3.05) is 5.32 Å². The second-order valence-corrected chi connectivity index (χ2v) is 4.98. The minimum atomic E-state index is -0.208. The van der Waals surface area contributed by atoms with E-state index in [4.69, 9.17) is 0 Å². The second kappa shape index (κ2) is 5.80. The van der Waals surface area contributed by atoms with Gasteiger partial charge in [0.2, 0.25) is 5.91 Å². The van der Waals surface area contributed by atoms with E-state index in [9.17, 15) is 9.59 Å². The number of rotatable bonds is 3.